The van der Waals surface area contributed by atoms with Gasteiger partial charge >= 0.3 is 0 Å². The summed E-state index contributed by atoms with van der Waals surface area (Å²) in [5.41, 5.74) is 2.33. The number of nitrogens with one attached hydrogen (secondary N) is 2. The van der Waals surface area contributed by atoms with Crippen molar-refractivity contribution < 1.29 is 0 Å². The van der Waals surface area contributed by atoms with Gasteiger partial charge in [0.15, 0.2) is 5.82 Å². The summed E-state index contributed by atoms with van der Waals surface area (Å²) in [6, 6.07) is 8.68. The molecule has 2 rings (SSSR count). The number of hydrogen-bond acceptors (Lipinski definition) is 3. The third-order valence-corrected chi connectivity index (χ3v) is 2.39. The lowest BCUT2D eigenvalue weighted by Crippen LogP contribution is -2.22. The third kappa shape index (κ3) is 2.46. The van der Waals surface area contributed by atoms with Gasteiger partial charge < -0.3 is 5.32 Å². The van der Waals surface area contributed by atoms with E-state index in [1.165, 1.54) is 11.9 Å². The lowest BCUT2D eigenvalue weighted by Gasteiger charge is -2.10. The Morgan fingerprint density at radius 1 is 1.31 bits per heavy atom. The maximum atomic E-state index is 4.18. The molecule has 4 nitrogen and oxygen atoms in total. The van der Waals surface area contributed by atoms with Crippen LogP contribution in [0, 0.1) is 0 Å². The second-order valence-corrected chi connectivity index (χ2v) is 4.03. The number of H-pyrrole nitrogens is 1. The summed E-state index contributed by atoms with van der Waals surface area (Å²) in [7, 11) is 0. The Labute approximate surface area is 95.1 Å². The van der Waals surface area contributed by atoms with Gasteiger partial charge in [-0.2, -0.15) is 5.10 Å². The highest BCUT2D eigenvalue weighted by molar-refractivity contribution is 5.59. The number of hydrogen-bond donors (Lipinski definition) is 2. The van der Waals surface area contributed by atoms with Crippen LogP contribution in [0.1, 0.15) is 19.4 Å². The Morgan fingerprint density at radius 2 is 2.12 bits per heavy atom. The largest absolute Gasteiger partial charge is 0.310 e. The smallest absolute Gasteiger partial charge is 0.155 e. The highest BCUT2D eigenvalue weighted by Crippen LogP contribution is 2.19. The van der Waals surface area contributed by atoms with E-state index in [4.69, 9.17) is 0 Å². The van der Waals surface area contributed by atoms with E-state index in [9.17, 15) is 0 Å². The molecule has 84 valence electrons. The summed E-state index contributed by atoms with van der Waals surface area (Å²) in [5, 5.41) is 10.2. The van der Waals surface area contributed by atoms with Gasteiger partial charge in [-0.1, -0.05) is 38.1 Å². The van der Waals surface area contributed by atoms with Crippen molar-refractivity contribution in [2.24, 2.45) is 0 Å². The van der Waals surface area contributed by atoms with E-state index in [-0.39, 0.29) is 0 Å². The van der Waals surface area contributed by atoms with Crippen LogP contribution in [-0.2, 0) is 6.54 Å². The molecular weight excluding hydrogens is 200 g/mol. The van der Waals surface area contributed by atoms with Crippen molar-refractivity contribution in [1.29, 1.82) is 0 Å². The molecule has 1 heterocycles. The molecule has 0 saturated heterocycles. The summed E-state index contributed by atoms with van der Waals surface area (Å²) in [5.74, 6) is 0.821. The summed E-state index contributed by atoms with van der Waals surface area (Å²) in [6.07, 6.45) is 1.53. The second kappa shape index (κ2) is 4.90. The van der Waals surface area contributed by atoms with Crippen molar-refractivity contribution in [2.45, 2.75) is 26.4 Å². The van der Waals surface area contributed by atoms with Crippen LogP contribution in [0.5, 0.6) is 0 Å². The Kier molecular flexibility index (Phi) is 3.31. The number of aromatic amines is 1. The van der Waals surface area contributed by atoms with Gasteiger partial charge in [0.2, 0.25) is 0 Å². The quantitative estimate of drug-likeness (QED) is 0.821. The van der Waals surface area contributed by atoms with Crippen LogP contribution in [0.15, 0.2) is 30.6 Å². The van der Waals surface area contributed by atoms with Gasteiger partial charge in [0, 0.05) is 18.2 Å². The van der Waals surface area contributed by atoms with Crippen molar-refractivity contribution in [3.05, 3.63) is 36.2 Å². The number of nitrogens with zero attached hydrogens (tertiary/aromatic N) is 2. The first-order chi connectivity index (χ1) is 7.77. The normalized spacial score (nSPS) is 10.9. The molecule has 2 aromatic rings. The van der Waals surface area contributed by atoms with Crippen LogP contribution in [-0.4, -0.2) is 21.2 Å². The summed E-state index contributed by atoms with van der Waals surface area (Å²) >= 11 is 0. The molecule has 0 radical (unpaired) electrons. The Morgan fingerprint density at radius 3 is 2.81 bits per heavy atom. The van der Waals surface area contributed by atoms with Crippen LogP contribution in [0.25, 0.3) is 11.4 Å². The zero-order valence-corrected chi connectivity index (χ0v) is 9.57. The van der Waals surface area contributed by atoms with E-state index in [2.05, 4.69) is 46.5 Å². The summed E-state index contributed by atoms with van der Waals surface area (Å²) in [4.78, 5) is 4.18. The highest BCUT2D eigenvalue weighted by Gasteiger charge is 2.06. The first-order valence-corrected chi connectivity index (χ1v) is 5.44. The average Bonchev–Trinajstić information content (AvgIpc) is 2.80. The molecule has 0 bridgehead atoms. The molecule has 0 saturated carbocycles. The van der Waals surface area contributed by atoms with Gasteiger partial charge in [-0.05, 0) is 5.56 Å². The number of rotatable bonds is 4. The minimum absolute atomic E-state index is 0.475. The number of benzene rings is 1. The average molecular weight is 216 g/mol. The molecule has 0 aliphatic heterocycles. The van der Waals surface area contributed by atoms with Crippen LogP contribution in [0.2, 0.25) is 0 Å². The minimum Gasteiger partial charge on any atom is -0.310 e. The lowest BCUT2D eigenvalue weighted by molar-refractivity contribution is 0.589. The van der Waals surface area contributed by atoms with E-state index < -0.39 is 0 Å². The molecule has 4 heteroatoms. The van der Waals surface area contributed by atoms with Gasteiger partial charge in [-0.15, -0.1) is 0 Å². The second-order valence-electron chi connectivity index (χ2n) is 4.03. The van der Waals surface area contributed by atoms with Crippen LogP contribution in [0.3, 0.4) is 0 Å². The Hall–Kier alpha value is -1.68. The fraction of sp³-hybridized carbons (Fsp3) is 0.333. The summed E-state index contributed by atoms with van der Waals surface area (Å²) < 4.78 is 0. The fourth-order valence-electron chi connectivity index (χ4n) is 1.55. The Bertz CT molecular complexity index is 434. The summed E-state index contributed by atoms with van der Waals surface area (Å²) in [6.45, 7) is 5.11. The van der Waals surface area contributed by atoms with Gasteiger partial charge in [-0.3, -0.25) is 5.10 Å². The predicted octanol–water partition coefficient (Wildman–Crippen LogP) is 1.97. The zero-order chi connectivity index (χ0) is 11.4. The monoisotopic (exact) mass is 216 g/mol. The molecule has 16 heavy (non-hydrogen) atoms. The third-order valence-electron chi connectivity index (χ3n) is 2.39. The standard InChI is InChI=1S/C12H16N4/c1-9(2)13-7-10-5-3-4-6-11(10)12-14-8-15-16-12/h3-6,8-9,13H,7H2,1-2H3,(H,14,15,16). The molecule has 0 aliphatic carbocycles. The van der Waals surface area contributed by atoms with E-state index >= 15 is 0 Å². The first-order valence-electron chi connectivity index (χ1n) is 5.44. The molecule has 0 spiro atoms. The fourth-order valence-corrected chi connectivity index (χ4v) is 1.55. The van der Waals surface area contributed by atoms with Gasteiger partial charge in [0.1, 0.15) is 6.33 Å². The first kappa shape index (κ1) is 10.8. The van der Waals surface area contributed by atoms with Crippen molar-refractivity contribution in [3.63, 3.8) is 0 Å². The molecule has 0 amide bonds. The SMILES string of the molecule is CC(C)NCc1ccccc1-c1ncn[nH]1. The van der Waals surface area contributed by atoms with Crippen molar-refractivity contribution >= 4 is 0 Å². The molecule has 1 aromatic carbocycles. The van der Waals surface area contributed by atoms with E-state index in [1.807, 2.05) is 12.1 Å². The maximum absolute atomic E-state index is 4.18. The van der Waals surface area contributed by atoms with Crippen molar-refractivity contribution in [3.8, 4) is 11.4 Å². The van der Waals surface area contributed by atoms with Gasteiger partial charge in [-0.25, -0.2) is 4.98 Å². The molecule has 0 fully saturated rings. The van der Waals surface area contributed by atoms with E-state index in [1.54, 1.807) is 0 Å². The topological polar surface area (TPSA) is 53.6 Å². The molecular formula is C12H16N4. The maximum Gasteiger partial charge on any atom is 0.155 e. The molecule has 0 aliphatic rings. The van der Waals surface area contributed by atoms with E-state index in [0.717, 1.165) is 17.9 Å². The number of aromatic nitrogens is 3. The van der Waals surface area contributed by atoms with Crippen LogP contribution < -0.4 is 5.32 Å². The lowest BCUT2D eigenvalue weighted by atomic mass is 10.1. The van der Waals surface area contributed by atoms with Gasteiger partial charge in [0.05, 0.1) is 0 Å². The Balaban J connectivity index is 2.24. The van der Waals surface area contributed by atoms with Crippen LogP contribution in [0.4, 0.5) is 0 Å². The van der Waals surface area contributed by atoms with Crippen LogP contribution >= 0.6 is 0 Å². The molecule has 1 aromatic heterocycles. The predicted molar refractivity (Wildman–Crippen MR) is 63.8 cm³/mol. The van der Waals surface area contributed by atoms with E-state index in [0.29, 0.717) is 6.04 Å². The van der Waals surface area contributed by atoms with Gasteiger partial charge in [0.25, 0.3) is 0 Å². The van der Waals surface area contributed by atoms with Crippen molar-refractivity contribution in [1.82, 2.24) is 20.5 Å². The molecule has 0 atom stereocenters. The minimum atomic E-state index is 0.475. The zero-order valence-electron chi connectivity index (χ0n) is 9.57. The molecule has 2 N–H and O–H groups in total. The highest BCUT2D eigenvalue weighted by atomic mass is 15.2. The molecule has 0 unspecified atom stereocenters. The van der Waals surface area contributed by atoms with Crippen molar-refractivity contribution in [2.75, 3.05) is 0 Å².